The lowest BCUT2D eigenvalue weighted by Crippen LogP contribution is -2.44. The van der Waals surface area contributed by atoms with E-state index in [-0.39, 0.29) is 0 Å². The first-order chi connectivity index (χ1) is 8.43. The van der Waals surface area contributed by atoms with Crippen LogP contribution in [0.3, 0.4) is 0 Å². The minimum absolute atomic E-state index is 1.11. The highest BCUT2D eigenvalue weighted by molar-refractivity contribution is 7.16. The van der Waals surface area contributed by atoms with Crippen LogP contribution < -0.4 is 5.32 Å². The van der Waals surface area contributed by atoms with E-state index in [4.69, 9.17) is 0 Å². The minimum atomic E-state index is 1.11. The first-order valence-electron chi connectivity index (χ1n) is 6.17. The summed E-state index contributed by atoms with van der Waals surface area (Å²) < 4.78 is 1.31. The van der Waals surface area contributed by atoms with Gasteiger partial charge in [0.2, 0.25) is 0 Å². The van der Waals surface area contributed by atoms with Gasteiger partial charge in [-0.2, -0.15) is 0 Å². The lowest BCUT2D eigenvalue weighted by molar-refractivity contribution is 0.244. The molecule has 1 saturated heterocycles. The Morgan fingerprint density at radius 1 is 1.29 bits per heavy atom. The number of fused-ring (bicyclic) bond motifs is 1. The molecule has 1 aliphatic heterocycles. The molecule has 0 atom stereocenters. The summed E-state index contributed by atoms with van der Waals surface area (Å²) in [5.41, 5.74) is 4.54. The van der Waals surface area contributed by atoms with Crippen molar-refractivity contribution in [3.63, 3.8) is 0 Å². The van der Waals surface area contributed by atoms with E-state index in [1.807, 2.05) is 5.51 Å². The molecule has 2 heterocycles. The average Bonchev–Trinajstić information content (AvgIpc) is 2.86. The summed E-state index contributed by atoms with van der Waals surface area (Å²) in [4.78, 5) is 7.00. The molecule has 17 heavy (non-hydrogen) atoms. The topological polar surface area (TPSA) is 28.2 Å². The Morgan fingerprint density at radius 3 is 3.06 bits per heavy atom. The van der Waals surface area contributed by atoms with Gasteiger partial charge in [-0.3, -0.25) is 0 Å². The van der Waals surface area contributed by atoms with E-state index in [2.05, 4.69) is 33.4 Å². The third-order valence-corrected chi connectivity index (χ3v) is 4.15. The SMILES string of the molecule is c1cc(CCN2CCNCC2)c2ncsc2c1. The minimum Gasteiger partial charge on any atom is -0.314 e. The van der Waals surface area contributed by atoms with E-state index in [1.165, 1.54) is 28.9 Å². The number of para-hydroxylation sites is 1. The molecule has 0 amide bonds. The summed E-state index contributed by atoms with van der Waals surface area (Å²) >= 11 is 1.73. The third kappa shape index (κ3) is 2.49. The molecule has 1 N–H and O–H groups in total. The van der Waals surface area contributed by atoms with Gasteiger partial charge in [-0.25, -0.2) is 4.98 Å². The number of nitrogens with one attached hydrogen (secondary N) is 1. The highest BCUT2D eigenvalue weighted by Gasteiger charge is 2.10. The van der Waals surface area contributed by atoms with Gasteiger partial charge in [-0.15, -0.1) is 11.3 Å². The molecule has 2 aromatic rings. The smallest absolute Gasteiger partial charge is 0.0844 e. The maximum atomic E-state index is 4.47. The van der Waals surface area contributed by atoms with Crippen molar-refractivity contribution in [1.29, 1.82) is 0 Å². The van der Waals surface area contributed by atoms with E-state index in [0.717, 1.165) is 26.1 Å². The molecule has 0 aliphatic carbocycles. The van der Waals surface area contributed by atoms with Crippen LogP contribution in [0.4, 0.5) is 0 Å². The van der Waals surface area contributed by atoms with Crippen LogP contribution in [-0.2, 0) is 6.42 Å². The lowest BCUT2D eigenvalue weighted by atomic mass is 10.1. The van der Waals surface area contributed by atoms with Crippen molar-refractivity contribution in [3.05, 3.63) is 29.3 Å². The number of rotatable bonds is 3. The van der Waals surface area contributed by atoms with Gasteiger partial charge >= 0.3 is 0 Å². The molecule has 1 fully saturated rings. The quantitative estimate of drug-likeness (QED) is 0.895. The first-order valence-corrected chi connectivity index (χ1v) is 7.05. The number of piperazine rings is 1. The highest BCUT2D eigenvalue weighted by atomic mass is 32.1. The zero-order valence-corrected chi connectivity index (χ0v) is 10.7. The van der Waals surface area contributed by atoms with E-state index in [9.17, 15) is 0 Å². The largest absolute Gasteiger partial charge is 0.314 e. The summed E-state index contributed by atoms with van der Waals surface area (Å²) in [7, 11) is 0. The number of thiazole rings is 1. The molecule has 1 aliphatic rings. The molecule has 0 radical (unpaired) electrons. The molecular weight excluding hydrogens is 230 g/mol. The van der Waals surface area contributed by atoms with Gasteiger partial charge < -0.3 is 10.2 Å². The van der Waals surface area contributed by atoms with Crippen LogP contribution in [0, 0.1) is 0 Å². The molecule has 3 nitrogen and oxygen atoms in total. The zero-order chi connectivity index (χ0) is 11.5. The average molecular weight is 247 g/mol. The summed E-state index contributed by atoms with van der Waals surface area (Å²) in [6.45, 7) is 5.75. The van der Waals surface area contributed by atoms with Crippen molar-refractivity contribution in [2.24, 2.45) is 0 Å². The molecule has 0 saturated carbocycles. The Balaban J connectivity index is 1.69. The first kappa shape index (κ1) is 11.1. The zero-order valence-electron chi connectivity index (χ0n) is 9.85. The van der Waals surface area contributed by atoms with Gasteiger partial charge in [0, 0.05) is 32.7 Å². The second-order valence-electron chi connectivity index (χ2n) is 4.46. The van der Waals surface area contributed by atoms with Crippen LogP contribution in [0.1, 0.15) is 5.56 Å². The number of hydrogen-bond donors (Lipinski definition) is 1. The van der Waals surface area contributed by atoms with Gasteiger partial charge in [-0.05, 0) is 18.1 Å². The Labute approximate surface area is 105 Å². The number of aromatic nitrogens is 1. The van der Waals surface area contributed by atoms with Crippen LogP contribution in [-0.4, -0.2) is 42.6 Å². The molecular formula is C13H17N3S. The third-order valence-electron chi connectivity index (χ3n) is 3.35. The second kappa shape index (κ2) is 5.12. The van der Waals surface area contributed by atoms with E-state index in [0.29, 0.717) is 0 Å². The maximum absolute atomic E-state index is 4.47. The van der Waals surface area contributed by atoms with Crippen LogP contribution in [0.15, 0.2) is 23.7 Å². The van der Waals surface area contributed by atoms with Crippen molar-refractivity contribution >= 4 is 21.6 Å². The summed E-state index contributed by atoms with van der Waals surface area (Å²) in [6.07, 6.45) is 1.11. The fourth-order valence-electron chi connectivity index (χ4n) is 2.36. The van der Waals surface area contributed by atoms with E-state index < -0.39 is 0 Å². The fourth-order valence-corrected chi connectivity index (χ4v) is 3.08. The van der Waals surface area contributed by atoms with Gasteiger partial charge in [0.15, 0.2) is 0 Å². The summed E-state index contributed by atoms with van der Waals surface area (Å²) in [6, 6.07) is 6.51. The van der Waals surface area contributed by atoms with Crippen LogP contribution in [0.5, 0.6) is 0 Å². The molecule has 0 unspecified atom stereocenters. The van der Waals surface area contributed by atoms with Crippen LogP contribution >= 0.6 is 11.3 Å². The van der Waals surface area contributed by atoms with Gasteiger partial charge in [0.1, 0.15) is 0 Å². The molecule has 0 bridgehead atoms. The molecule has 1 aromatic heterocycles. The van der Waals surface area contributed by atoms with Crippen molar-refractivity contribution in [2.45, 2.75) is 6.42 Å². The van der Waals surface area contributed by atoms with E-state index in [1.54, 1.807) is 11.3 Å². The van der Waals surface area contributed by atoms with Gasteiger partial charge in [0.05, 0.1) is 15.7 Å². The summed E-state index contributed by atoms with van der Waals surface area (Å²) in [5, 5.41) is 3.39. The maximum Gasteiger partial charge on any atom is 0.0844 e. The van der Waals surface area contributed by atoms with Gasteiger partial charge in [-0.1, -0.05) is 12.1 Å². The second-order valence-corrected chi connectivity index (χ2v) is 5.34. The number of nitrogens with zero attached hydrogens (tertiary/aromatic N) is 2. The van der Waals surface area contributed by atoms with Crippen molar-refractivity contribution in [3.8, 4) is 0 Å². The van der Waals surface area contributed by atoms with Crippen LogP contribution in [0.25, 0.3) is 10.2 Å². The Morgan fingerprint density at radius 2 is 2.18 bits per heavy atom. The fraction of sp³-hybridized carbons (Fsp3) is 0.462. The van der Waals surface area contributed by atoms with E-state index >= 15 is 0 Å². The predicted octanol–water partition coefficient (Wildman–Crippen LogP) is 1.74. The number of benzene rings is 1. The molecule has 4 heteroatoms. The summed E-state index contributed by atoms with van der Waals surface area (Å²) in [5.74, 6) is 0. The van der Waals surface area contributed by atoms with Crippen molar-refractivity contribution in [2.75, 3.05) is 32.7 Å². The standard InChI is InChI=1S/C13H17N3S/c1-2-11(13-12(3-1)17-10-15-13)4-7-16-8-5-14-6-9-16/h1-3,10,14H,4-9H2. The molecule has 3 rings (SSSR count). The normalized spacial score (nSPS) is 17.6. The monoisotopic (exact) mass is 247 g/mol. The molecule has 1 aromatic carbocycles. The van der Waals surface area contributed by atoms with Crippen molar-refractivity contribution in [1.82, 2.24) is 15.2 Å². The molecule has 0 spiro atoms. The predicted molar refractivity (Wildman–Crippen MR) is 72.6 cm³/mol. The van der Waals surface area contributed by atoms with Gasteiger partial charge in [0.25, 0.3) is 0 Å². The Hall–Kier alpha value is -0.970. The number of hydrogen-bond acceptors (Lipinski definition) is 4. The highest BCUT2D eigenvalue weighted by Crippen LogP contribution is 2.21. The Kier molecular flexibility index (Phi) is 3.36. The Bertz CT molecular complexity index is 488. The van der Waals surface area contributed by atoms with Crippen molar-refractivity contribution < 1.29 is 0 Å². The molecule has 90 valence electrons. The lowest BCUT2D eigenvalue weighted by Gasteiger charge is -2.27. The van der Waals surface area contributed by atoms with Crippen LogP contribution in [0.2, 0.25) is 0 Å².